The van der Waals surface area contributed by atoms with Crippen LogP contribution in [0.2, 0.25) is 0 Å². The van der Waals surface area contributed by atoms with E-state index in [0.29, 0.717) is 23.8 Å². The van der Waals surface area contributed by atoms with E-state index in [1.165, 1.54) is 23.3 Å². The largest absolute Gasteiger partial charge is 0.341 e. The van der Waals surface area contributed by atoms with Crippen LogP contribution in [-0.4, -0.2) is 35.2 Å². The molecular formula is C17H23ClN2OS. The van der Waals surface area contributed by atoms with Crippen LogP contribution in [0, 0.1) is 11.8 Å². The number of carbonyl (C=O) groups excluding carboxylic acids is 1. The lowest BCUT2D eigenvalue weighted by molar-refractivity contribution is -0.129. The number of fused-ring (bicyclic) bond motifs is 2. The van der Waals surface area contributed by atoms with Gasteiger partial charge in [-0.2, -0.15) is 0 Å². The molecule has 0 radical (unpaired) electrons. The molecule has 1 aromatic carbocycles. The normalized spacial score (nSPS) is 33.0. The Labute approximate surface area is 142 Å². The fourth-order valence-corrected chi connectivity index (χ4v) is 5.50. The van der Waals surface area contributed by atoms with Gasteiger partial charge in [0.25, 0.3) is 0 Å². The monoisotopic (exact) mass is 338 g/mol. The van der Waals surface area contributed by atoms with Crippen molar-refractivity contribution >= 4 is 30.1 Å². The molecule has 0 aromatic heterocycles. The summed E-state index contributed by atoms with van der Waals surface area (Å²) in [6.07, 6.45) is 4.50. The summed E-state index contributed by atoms with van der Waals surface area (Å²) >= 11 is 1.74. The highest BCUT2D eigenvalue weighted by Crippen LogP contribution is 2.40. The molecule has 0 spiro atoms. The number of halogens is 1. The highest BCUT2D eigenvalue weighted by Gasteiger charge is 2.42. The van der Waals surface area contributed by atoms with Crippen molar-refractivity contribution in [1.82, 2.24) is 4.90 Å². The number of carbonyl (C=O) groups is 1. The number of nitrogens with two attached hydrogens (primary N) is 1. The van der Waals surface area contributed by atoms with Gasteiger partial charge in [-0.05, 0) is 42.7 Å². The van der Waals surface area contributed by atoms with Gasteiger partial charge in [0.05, 0.1) is 5.25 Å². The molecule has 2 heterocycles. The number of amides is 1. The summed E-state index contributed by atoms with van der Waals surface area (Å²) < 4.78 is 0. The first kappa shape index (κ1) is 16.2. The Hall–Kier alpha value is -0.710. The van der Waals surface area contributed by atoms with Crippen molar-refractivity contribution in [2.24, 2.45) is 17.6 Å². The van der Waals surface area contributed by atoms with Gasteiger partial charge < -0.3 is 10.6 Å². The minimum atomic E-state index is 0. The van der Waals surface area contributed by atoms with E-state index in [1.54, 1.807) is 11.8 Å². The Morgan fingerprint density at radius 3 is 2.82 bits per heavy atom. The van der Waals surface area contributed by atoms with Crippen LogP contribution in [0.4, 0.5) is 0 Å². The molecular weight excluding hydrogens is 316 g/mol. The summed E-state index contributed by atoms with van der Waals surface area (Å²) in [6, 6.07) is 8.70. The van der Waals surface area contributed by atoms with Gasteiger partial charge in [0.2, 0.25) is 5.91 Å². The van der Waals surface area contributed by atoms with Crippen molar-refractivity contribution < 1.29 is 4.79 Å². The first-order valence-electron chi connectivity index (χ1n) is 8.01. The van der Waals surface area contributed by atoms with Crippen LogP contribution < -0.4 is 5.73 Å². The number of nitrogens with zero attached hydrogens (tertiary/aromatic N) is 1. The third kappa shape index (κ3) is 2.77. The molecule has 4 rings (SSSR count). The summed E-state index contributed by atoms with van der Waals surface area (Å²) in [7, 11) is 0. The molecule has 4 atom stereocenters. The zero-order valence-electron chi connectivity index (χ0n) is 12.6. The molecule has 2 aliphatic heterocycles. The maximum absolute atomic E-state index is 12.8. The number of rotatable bonds is 1. The summed E-state index contributed by atoms with van der Waals surface area (Å²) in [5.41, 5.74) is 7.59. The SMILES string of the molecule is Cl.NC1CCCC2CN(C(=O)C3Cc4ccccc4S3)CC12. The zero-order valence-corrected chi connectivity index (χ0v) is 14.2. The number of hydrogen-bond acceptors (Lipinski definition) is 3. The van der Waals surface area contributed by atoms with Gasteiger partial charge in [-0.25, -0.2) is 0 Å². The first-order chi connectivity index (χ1) is 10.2. The molecule has 5 heteroatoms. The van der Waals surface area contributed by atoms with Gasteiger partial charge in [-0.3, -0.25) is 4.79 Å². The maximum atomic E-state index is 12.8. The summed E-state index contributed by atoms with van der Waals surface area (Å²) in [5.74, 6) is 1.51. The van der Waals surface area contributed by atoms with Gasteiger partial charge in [0, 0.05) is 24.0 Å². The Bertz CT molecular complexity index is 542. The molecule has 3 aliphatic rings. The van der Waals surface area contributed by atoms with Crippen LogP contribution in [0.15, 0.2) is 29.2 Å². The first-order valence-corrected chi connectivity index (χ1v) is 8.89. The molecule has 1 aliphatic carbocycles. The molecule has 1 aromatic rings. The van der Waals surface area contributed by atoms with Crippen LogP contribution in [0.25, 0.3) is 0 Å². The molecule has 120 valence electrons. The second kappa shape index (κ2) is 6.42. The Morgan fingerprint density at radius 1 is 1.23 bits per heavy atom. The highest BCUT2D eigenvalue weighted by atomic mass is 35.5. The van der Waals surface area contributed by atoms with E-state index < -0.39 is 0 Å². The van der Waals surface area contributed by atoms with Crippen molar-refractivity contribution in [3.05, 3.63) is 29.8 Å². The quantitative estimate of drug-likeness (QED) is 0.856. The van der Waals surface area contributed by atoms with Crippen molar-refractivity contribution in [3.63, 3.8) is 0 Å². The number of benzene rings is 1. The van der Waals surface area contributed by atoms with E-state index >= 15 is 0 Å². The third-order valence-electron chi connectivity index (χ3n) is 5.39. The van der Waals surface area contributed by atoms with Gasteiger partial charge >= 0.3 is 0 Å². The maximum Gasteiger partial charge on any atom is 0.236 e. The van der Waals surface area contributed by atoms with Crippen LogP contribution in [0.3, 0.4) is 0 Å². The second-order valence-corrected chi connectivity index (χ2v) is 7.92. The predicted molar refractivity (Wildman–Crippen MR) is 92.4 cm³/mol. The molecule has 0 bridgehead atoms. The van der Waals surface area contributed by atoms with Crippen molar-refractivity contribution in [2.75, 3.05) is 13.1 Å². The standard InChI is InChI=1S/C17H22N2OS.ClH/c18-14-6-3-5-12-9-19(10-13(12)14)17(20)16-8-11-4-1-2-7-15(11)21-16;/h1-2,4,7,12-14,16H,3,5-6,8-10,18H2;1H. The number of thioether (sulfide) groups is 1. The van der Waals surface area contributed by atoms with Crippen LogP contribution in [0.5, 0.6) is 0 Å². The fourth-order valence-electron chi connectivity index (χ4n) is 4.22. The molecule has 2 N–H and O–H groups in total. The fraction of sp³-hybridized carbons (Fsp3) is 0.588. The van der Waals surface area contributed by atoms with E-state index in [-0.39, 0.29) is 17.7 Å². The minimum absolute atomic E-state index is 0. The lowest BCUT2D eigenvalue weighted by atomic mass is 9.78. The minimum Gasteiger partial charge on any atom is -0.341 e. The molecule has 3 nitrogen and oxygen atoms in total. The topological polar surface area (TPSA) is 46.3 Å². The van der Waals surface area contributed by atoms with Crippen LogP contribution in [0.1, 0.15) is 24.8 Å². The van der Waals surface area contributed by atoms with Crippen molar-refractivity contribution in [2.45, 2.75) is 41.9 Å². The average Bonchev–Trinajstić information content (AvgIpc) is 3.11. The van der Waals surface area contributed by atoms with E-state index in [2.05, 4.69) is 29.2 Å². The van der Waals surface area contributed by atoms with E-state index in [0.717, 1.165) is 25.9 Å². The molecule has 1 amide bonds. The Balaban J connectivity index is 0.00000144. The van der Waals surface area contributed by atoms with Crippen LogP contribution in [-0.2, 0) is 11.2 Å². The van der Waals surface area contributed by atoms with Crippen molar-refractivity contribution in [3.8, 4) is 0 Å². The summed E-state index contributed by atoms with van der Waals surface area (Å²) in [5, 5.41) is 0.0822. The zero-order chi connectivity index (χ0) is 14.4. The lowest BCUT2D eigenvalue weighted by Gasteiger charge is -2.29. The van der Waals surface area contributed by atoms with Gasteiger partial charge in [-0.1, -0.05) is 24.6 Å². The van der Waals surface area contributed by atoms with Gasteiger partial charge in [-0.15, -0.1) is 24.2 Å². The van der Waals surface area contributed by atoms with Gasteiger partial charge in [0.1, 0.15) is 0 Å². The molecule has 22 heavy (non-hydrogen) atoms. The Kier molecular flexibility index (Phi) is 4.72. The average molecular weight is 339 g/mol. The number of hydrogen-bond donors (Lipinski definition) is 1. The molecule has 1 saturated heterocycles. The molecule has 4 unspecified atom stereocenters. The van der Waals surface area contributed by atoms with E-state index in [4.69, 9.17) is 5.73 Å². The van der Waals surface area contributed by atoms with E-state index in [1.807, 2.05) is 0 Å². The number of likely N-dealkylation sites (tertiary alicyclic amines) is 1. The summed E-state index contributed by atoms with van der Waals surface area (Å²) in [4.78, 5) is 16.2. The van der Waals surface area contributed by atoms with Crippen LogP contribution >= 0.6 is 24.2 Å². The predicted octanol–water partition coefficient (Wildman–Crippen LogP) is 2.71. The highest BCUT2D eigenvalue weighted by molar-refractivity contribution is 8.01. The van der Waals surface area contributed by atoms with Crippen molar-refractivity contribution in [1.29, 1.82) is 0 Å². The second-order valence-electron chi connectivity index (χ2n) is 6.68. The Morgan fingerprint density at radius 2 is 2.05 bits per heavy atom. The summed E-state index contributed by atoms with van der Waals surface area (Å²) in [6.45, 7) is 1.82. The lowest BCUT2D eigenvalue weighted by Crippen LogP contribution is -2.39. The molecule has 1 saturated carbocycles. The van der Waals surface area contributed by atoms with E-state index in [9.17, 15) is 4.79 Å². The van der Waals surface area contributed by atoms with Gasteiger partial charge in [0.15, 0.2) is 0 Å². The third-order valence-corrected chi connectivity index (χ3v) is 6.69. The molecule has 2 fully saturated rings. The smallest absolute Gasteiger partial charge is 0.236 e.